The molecule has 0 fully saturated rings. The lowest BCUT2D eigenvalue weighted by Gasteiger charge is -2.29. The summed E-state index contributed by atoms with van der Waals surface area (Å²) in [5, 5.41) is 0. The molecule has 0 aromatic heterocycles. The number of rotatable bonds is 3. The van der Waals surface area contributed by atoms with Gasteiger partial charge in [-0.2, -0.15) is 0 Å². The van der Waals surface area contributed by atoms with Crippen molar-refractivity contribution in [1.29, 1.82) is 0 Å². The lowest BCUT2D eigenvalue weighted by Crippen LogP contribution is -2.37. The summed E-state index contributed by atoms with van der Waals surface area (Å²) in [5.41, 5.74) is 7.70. The topological polar surface area (TPSA) is 46.3 Å². The molecule has 1 aliphatic rings. The molecule has 1 heterocycles. The average molecular weight is 234 g/mol. The van der Waals surface area contributed by atoms with E-state index in [1.165, 1.54) is 5.56 Å². The first-order valence-corrected chi connectivity index (χ1v) is 5.76. The van der Waals surface area contributed by atoms with E-state index in [0.717, 1.165) is 12.1 Å². The third-order valence-electron chi connectivity index (χ3n) is 2.77. The predicted octanol–water partition coefficient (Wildman–Crippen LogP) is 1.64. The van der Waals surface area contributed by atoms with Gasteiger partial charge in [-0.05, 0) is 18.1 Å². The maximum absolute atomic E-state index is 11.8. The highest BCUT2D eigenvalue weighted by Crippen LogP contribution is 2.27. The van der Waals surface area contributed by atoms with Crippen LogP contribution >= 0.6 is 12.2 Å². The fraction of sp³-hybridized carbons (Fsp3) is 0.333. The smallest absolute Gasteiger partial charge is 0.227 e. The molecule has 0 aliphatic carbocycles. The number of nitrogens with zero attached hydrogens (tertiary/aromatic N) is 1. The molecule has 4 heteroatoms. The van der Waals surface area contributed by atoms with E-state index in [2.05, 4.69) is 6.07 Å². The molecule has 16 heavy (non-hydrogen) atoms. The van der Waals surface area contributed by atoms with Crippen LogP contribution in [0.2, 0.25) is 0 Å². The van der Waals surface area contributed by atoms with Crippen molar-refractivity contribution in [3.63, 3.8) is 0 Å². The number of hydrogen-bond donors (Lipinski definition) is 1. The Bertz CT molecular complexity index is 431. The number of aryl methyl sites for hydroxylation is 1. The van der Waals surface area contributed by atoms with Crippen LogP contribution in [-0.2, 0) is 11.2 Å². The average Bonchev–Trinajstić information content (AvgIpc) is 2.27. The van der Waals surface area contributed by atoms with Crippen molar-refractivity contribution in [3.8, 4) is 0 Å². The maximum atomic E-state index is 11.8. The van der Waals surface area contributed by atoms with Crippen molar-refractivity contribution in [2.24, 2.45) is 5.73 Å². The van der Waals surface area contributed by atoms with Gasteiger partial charge in [-0.25, -0.2) is 0 Å². The number of carbonyl (C=O) groups is 1. The van der Waals surface area contributed by atoms with Crippen molar-refractivity contribution in [2.75, 3.05) is 11.4 Å². The highest BCUT2D eigenvalue weighted by Gasteiger charge is 2.23. The molecule has 3 nitrogen and oxygen atoms in total. The Balaban J connectivity index is 2.23. The zero-order valence-electron chi connectivity index (χ0n) is 8.98. The van der Waals surface area contributed by atoms with Gasteiger partial charge in [0, 0.05) is 25.1 Å². The van der Waals surface area contributed by atoms with Crippen molar-refractivity contribution in [2.45, 2.75) is 19.3 Å². The molecule has 1 aliphatic heterocycles. The van der Waals surface area contributed by atoms with Crippen LogP contribution in [0.5, 0.6) is 0 Å². The highest BCUT2D eigenvalue weighted by molar-refractivity contribution is 7.80. The first-order valence-electron chi connectivity index (χ1n) is 5.35. The second-order valence-electron chi connectivity index (χ2n) is 3.89. The Morgan fingerprint density at radius 1 is 1.38 bits per heavy atom. The third kappa shape index (κ3) is 2.22. The largest absolute Gasteiger partial charge is 0.393 e. The van der Waals surface area contributed by atoms with Gasteiger partial charge in [0.25, 0.3) is 0 Å². The van der Waals surface area contributed by atoms with Crippen LogP contribution in [0, 0.1) is 0 Å². The van der Waals surface area contributed by atoms with Crippen LogP contribution < -0.4 is 10.6 Å². The number of hydrogen-bond acceptors (Lipinski definition) is 2. The summed E-state index contributed by atoms with van der Waals surface area (Å²) in [6.45, 7) is 0.588. The quantitative estimate of drug-likeness (QED) is 0.809. The van der Waals surface area contributed by atoms with Gasteiger partial charge in [-0.1, -0.05) is 30.4 Å². The van der Waals surface area contributed by atoms with Gasteiger partial charge >= 0.3 is 0 Å². The molecule has 0 radical (unpaired) electrons. The molecular formula is C12H14N2OS. The molecule has 2 rings (SSSR count). The summed E-state index contributed by atoms with van der Waals surface area (Å²) in [6.07, 6.45) is 1.99. The minimum absolute atomic E-state index is 0.162. The molecule has 2 N–H and O–H groups in total. The Morgan fingerprint density at radius 2 is 2.12 bits per heavy atom. The minimum atomic E-state index is 0.162. The zero-order valence-corrected chi connectivity index (χ0v) is 9.80. The predicted molar refractivity (Wildman–Crippen MR) is 68.5 cm³/mol. The Morgan fingerprint density at radius 3 is 2.88 bits per heavy atom. The molecule has 0 spiro atoms. The molecule has 1 aromatic carbocycles. The highest BCUT2D eigenvalue weighted by atomic mass is 32.1. The normalized spacial score (nSPS) is 14.8. The molecule has 1 amide bonds. The Kier molecular flexibility index (Phi) is 3.19. The molecule has 1 aromatic rings. The van der Waals surface area contributed by atoms with Gasteiger partial charge < -0.3 is 10.6 Å². The lowest BCUT2D eigenvalue weighted by molar-refractivity contribution is -0.118. The van der Waals surface area contributed by atoms with E-state index in [9.17, 15) is 4.79 Å². The SMILES string of the molecule is NC(=S)CCN1C(=O)CCc2ccccc21. The number of nitrogens with two attached hydrogens (primary N) is 1. The standard InChI is InChI=1S/C12H14N2OS/c13-11(16)7-8-14-10-4-2-1-3-9(10)5-6-12(14)15/h1-4H,5-8H2,(H2,13,16). The van der Waals surface area contributed by atoms with Gasteiger partial charge in [0.05, 0.1) is 4.99 Å². The summed E-state index contributed by atoms with van der Waals surface area (Å²) >= 11 is 4.84. The van der Waals surface area contributed by atoms with E-state index in [-0.39, 0.29) is 5.91 Å². The van der Waals surface area contributed by atoms with Crippen LogP contribution in [-0.4, -0.2) is 17.4 Å². The van der Waals surface area contributed by atoms with Crippen LogP contribution in [0.25, 0.3) is 0 Å². The monoisotopic (exact) mass is 234 g/mol. The first kappa shape index (κ1) is 11.1. The molecule has 0 atom stereocenters. The van der Waals surface area contributed by atoms with Crippen LogP contribution in [0.4, 0.5) is 5.69 Å². The van der Waals surface area contributed by atoms with E-state index in [1.807, 2.05) is 18.2 Å². The van der Waals surface area contributed by atoms with E-state index in [1.54, 1.807) is 4.90 Å². The van der Waals surface area contributed by atoms with E-state index < -0.39 is 0 Å². The van der Waals surface area contributed by atoms with Crippen LogP contribution in [0.15, 0.2) is 24.3 Å². The molecule has 0 bridgehead atoms. The molecular weight excluding hydrogens is 220 g/mol. The third-order valence-corrected chi connectivity index (χ3v) is 2.98. The first-order chi connectivity index (χ1) is 7.68. The molecule has 0 saturated heterocycles. The Labute approximate surface area is 100 Å². The molecule has 84 valence electrons. The summed E-state index contributed by atoms with van der Waals surface area (Å²) < 4.78 is 0. The number of benzene rings is 1. The minimum Gasteiger partial charge on any atom is -0.393 e. The van der Waals surface area contributed by atoms with E-state index >= 15 is 0 Å². The molecule has 0 saturated carbocycles. The summed E-state index contributed by atoms with van der Waals surface area (Å²) in [6, 6.07) is 7.99. The number of anilines is 1. The van der Waals surface area contributed by atoms with Crippen molar-refractivity contribution >= 4 is 28.8 Å². The zero-order chi connectivity index (χ0) is 11.5. The number of para-hydroxylation sites is 1. The van der Waals surface area contributed by atoms with Crippen LogP contribution in [0.1, 0.15) is 18.4 Å². The van der Waals surface area contributed by atoms with Crippen molar-refractivity contribution in [3.05, 3.63) is 29.8 Å². The van der Waals surface area contributed by atoms with Crippen molar-refractivity contribution in [1.82, 2.24) is 0 Å². The number of amides is 1. The maximum Gasteiger partial charge on any atom is 0.227 e. The summed E-state index contributed by atoms with van der Waals surface area (Å²) in [4.78, 5) is 14.1. The van der Waals surface area contributed by atoms with Gasteiger partial charge in [0.2, 0.25) is 5.91 Å². The number of thiocarbonyl (C=S) groups is 1. The van der Waals surface area contributed by atoms with Crippen molar-refractivity contribution < 1.29 is 4.79 Å². The fourth-order valence-electron chi connectivity index (χ4n) is 1.96. The number of fused-ring (bicyclic) bond motifs is 1. The summed E-state index contributed by atoms with van der Waals surface area (Å²) in [7, 11) is 0. The summed E-state index contributed by atoms with van der Waals surface area (Å²) in [5.74, 6) is 0.162. The van der Waals surface area contributed by atoms with E-state index in [4.69, 9.17) is 18.0 Å². The van der Waals surface area contributed by atoms with Gasteiger partial charge in [-0.3, -0.25) is 4.79 Å². The van der Waals surface area contributed by atoms with Crippen LogP contribution in [0.3, 0.4) is 0 Å². The van der Waals surface area contributed by atoms with E-state index in [0.29, 0.717) is 24.4 Å². The van der Waals surface area contributed by atoms with Gasteiger partial charge in [0.1, 0.15) is 0 Å². The Hall–Kier alpha value is -1.42. The molecule has 0 unspecified atom stereocenters. The fourth-order valence-corrected chi connectivity index (χ4v) is 2.05. The van der Waals surface area contributed by atoms with Gasteiger partial charge in [-0.15, -0.1) is 0 Å². The lowest BCUT2D eigenvalue weighted by atomic mass is 10.0. The van der Waals surface area contributed by atoms with Gasteiger partial charge in [0.15, 0.2) is 0 Å². The second-order valence-corrected chi connectivity index (χ2v) is 4.41. The number of carbonyl (C=O) groups excluding carboxylic acids is 1. The second kappa shape index (κ2) is 4.61.